The minimum atomic E-state index is 0.509. The van der Waals surface area contributed by atoms with E-state index in [4.69, 9.17) is 16.3 Å². The molecule has 0 saturated carbocycles. The highest BCUT2D eigenvalue weighted by Gasteiger charge is 2.08. The topological polar surface area (TPSA) is 9.23 Å². The molecular formula is C15H22BrClO. The molecule has 0 amide bonds. The molecule has 0 bridgehead atoms. The van der Waals surface area contributed by atoms with Gasteiger partial charge in [0.25, 0.3) is 0 Å². The molecule has 0 spiro atoms. The van der Waals surface area contributed by atoms with Crippen LogP contribution >= 0.6 is 27.5 Å². The van der Waals surface area contributed by atoms with Crippen LogP contribution in [-0.2, 0) is 11.2 Å². The molecule has 0 aliphatic rings. The number of halogens is 2. The third-order valence-electron chi connectivity index (χ3n) is 2.97. The number of unbranched alkanes of at least 4 members (excludes halogenated alkanes) is 1. The van der Waals surface area contributed by atoms with Crippen LogP contribution < -0.4 is 0 Å². The monoisotopic (exact) mass is 332 g/mol. The average Bonchev–Trinajstić information content (AvgIpc) is 2.39. The molecule has 1 atom stereocenters. The molecule has 0 aliphatic heterocycles. The van der Waals surface area contributed by atoms with E-state index in [1.807, 2.05) is 0 Å². The summed E-state index contributed by atoms with van der Waals surface area (Å²) in [5, 5.41) is 0. The first-order valence-corrected chi connectivity index (χ1v) is 7.97. The molecule has 0 saturated heterocycles. The predicted octanol–water partition coefficient (Wildman–Crippen LogP) is 5.05. The van der Waals surface area contributed by atoms with Crippen molar-refractivity contribution in [1.82, 2.24) is 0 Å². The molecule has 3 heteroatoms. The maximum absolute atomic E-state index is 6.02. The van der Waals surface area contributed by atoms with Crippen LogP contribution in [0.4, 0.5) is 0 Å². The normalized spacial score (nSPS) is 12.6. The third kappa shape index (κ3) is 6.77. The Hall–Kier alpha value is -0.0500. The lowest BCUT2D eigenvalue weighted by Gasteiger charge is -2.14. The smallest absolute Gasteiger partial charge is 0.0469 e. The molecule has 1 aromatic carbocycles. The summed E-state index contributed by atoms with van der Waals surface area (Å²) < 4.78 is 6.72. The van der Waals surface area contributed by atoms with Crippen LogP contribution in [-0.4, -0.2) is 19.1 Å². The molecule has 0 N–H and O–H groups in total. The maximum Gasteiger partial charge on any atom is 0.0469 e. The molecule has 1 rings (SSSR count). The van der Waals surface area contributed by atoms with Gasteiger partial charge in [0, 0.05) is 23.6 Å². The fourth-order valence-electron chi connectivity index (χ4n) is 1.79. The average molecular weight is 334 g/mol. The first-order valence-electron chi connectivity index (χ1n) is 6.64. The lowest BCUT2D eigenvalue weighted by molar-refractivity contribution is 0.119. The molecule has 0 aliphatic carbocycles. The molecule has 0 fully saturated rings. The zero-order valence-electron chi connectivity index (χ0n) is 11.0. The van der Waals surface area contributed by atoms with Gasteiger partial charge in [-0.2, -0.15) is 0 Å². The van der Waals surface area contributed by atoms with Gasteiger partial charge < -0.3 is 4.74 Å². The second kappa shape index (κ2) is 9.82. The van der Waals surface area contributed by atoms with Crippen molar-refractivity contribution in [3.63, 3.8) is 0 Å². The molecule has 1 unspecified atom stereocenters. The fraction of sp³-hybridized carbons (Fsp3) is 0.600. The van der Waals surface area contributed by atoms with Gasteiger partial charge in [0.2, 0.25) is 0 Å². The number of benzene rings is 1. The lowest BCUT2D eigenvalue weighted by Crippen LogP contribution is -2.10. The summed E-state index contributed by atoms with van der Waals surface area (Å²) in [6.07, 6.45) is 4.42. The lowest BCUT2D eigenvalue weighted by atomic mass is 9.98. The number of alkyl halides is 1. The van der Waals surface area contributed by atoms with E-state index in [-0.39, 0.29) is 0 Å². The Labute approximate surface area is 124 Å². The summed E-state index contributed by atoms with van der Waals surface area (Å²) in [5.74, 6) is 1.21. The van der Waals surface area contributed by atoms with Gasteiger partial charge in [-0.3, -0.25) is 0 Å². The minimum absolute atomic E-state index is 0.509. The standard InChI is InChI=1S/C15H22BrClO/c1-2-3-9-18-10-8-14(12-17)11-13-4-6-15(16)7-5-13/h4-7,14H,2-3,8-12H2,1H3. The van der Waals surface area contributed by atoms with Crippen molar-refractivity contribution in [3.05, 3.63) is 34.3 Å². The highest BCUT2D eigenvalue weighted by atomic mass is 79.9. The Bertz CT molecular complexity index is 313. The fourth-order valence-corrected chi connectivity index (χ4v) is 2.31. The number of hydrogen-bond donors (Lipinski definition) is 0. The highest BCUT2D eigenvalue weighted by molar-refractivity contribution is 9.10. The molecule has 18 heavy (non-hydrogen) atoms. The summed E-state index contributed by atoms with van der Waals surface area (Å²) in [6, 6.07) is 8.47. The second-order valence-corrected chi connectivity index (χ2v) is 5.83. The van der Waals surface area contributed by atoms with Crippen LogP contribution in [0.25, 0.3) is 0 Å². The van der Waals surface area contributed by atoms with Crippen molar-refractivity contribution < 1.29 is 4.74 Å². The van der Waals surface area contributed by atoms with Crippen molar-refractivity contribution in [1.29, 1.82) is 0 Å². The Morgan fingerprint density at radius 3 is 2.56 bits per heavy atom. The van der Waals surface area contributed by atoms with Crippen LogP contribution in [0.3, 0.4) is 0 Å². The SMILES string of the molecule is CCCCOCCC(CCl)Cc1ccc(Br)cc1. The van der Waals surface area contributed by atoms with Gasteiger partial charge in [0.1, 0.15) is 0 Å². The molecule has 0 aromatic heterocycles. The Morgan fingerprint density at radius 1 is 1.22 bits per heavy atom. The van der Waals surface area contributed by atoms with E-state index in [2.05, 4.69) is 47.1 Å². The van der Waals surface area contributed by atoms with E-state index in [1.54, 1.807) is 0 Å². The number of hydrogen-bond acceptors (Lipinski definition) is 1. The van der Waals surface area contributed by atoms with Gasteiger partial charge in [-0.1, -0.05) is 41.4 Å². The van der Waals surface area contributed by atoms with Crippen molar-refractivity contribution in [3.8, 4) is 0 Å². The highest BCUT2D eigenvalue weighted by Crippen LogP contribution is 2.17. The molecular weight excluding hydrogens is 312 g/mol. The number of rotatable bonds is 9. The van der Waals surface area contributed by atoms with Crippen molar-refractivity contribution in [2.24, 2.45) is 5.92 Å². The van der Waals surface area contributed by atoms with Crippen molar-refractivity contribution in [2.75, 3.05) is 19.1 Å². The Balaban J connectivity index is 2.26. The molecule has 102 valence electrons. The Kier molecular flexibility index (Phi) is 8.74. The van der Waals surface area contributed by atoms with Crippen molar-refractivity contribution >= 4 is 27.5 Å². The quantitative estimate of drug-likeness (QED) is 0.454. The minimum Gasteiger partial charge on any atom is -0.381 e. The summed E-state index contributed by atoms with van der Waals surface area (Å²) in [6.45, 7) is 3.89. The van der Waals surface area contributed by atoms with Gasteiger partial charge >= 0.3 is 0 Å². The summed E-state index contributed by atoms with van der Waals surface area (Å²) in [4.78, 5) is 0. The summed E-state index contributed by atoms with van der Waals surface area (Å²) >= 11 is 9.47. The van der Waals surface area contributed by atoms with Gasteiger partial charge in [0.15, 0.2) is 0 Å². The zero-order chi connectivity index (χ0) is 13.2. The van der Waals surface area contributed by atoms with E-state index >= 15 is 0 Å². The summed E-state index contributed by atoms with van der Waals surface area (Å²) in [7, 11) is 0. The molecule has 1 nitrogen and oxygen atoms in total. The van der Waals surface area contributed by atoms with E-state index in [0.717, 1.165) is 36.9 Å². The Morgan fingerprint density at radius 2 is 1.94 bits per heavy atom. The first-order chi connectivity index (χ1) is 8.76. The molecule has 0 heterocycles. The first kappa shape index (κ1) is 16.0. The van der Waals surface area contributed by atoms with Gasteiger partial charge in [-0.25, -0.2) is 0 Å². The third-order valence-corrected chi connectivity index (χ3v) is 3.93. The van der Waals surface area contributed by atoms with E-state index in [1.165, 1.54) is 12.0 Å². The molecule has 0 radical (unpaired) electrons. The van der Waals surface area contributed by atoms with Crippen molar-refractivity contribution in [2.45, 2.75) is 32.6 Å². The largest absolute Gasteiger partial charge is 0.381 e. The van der Waals surface area contributed by atoms with Crippen LogP contribution in [0.5, 0.6) is 0 Å². The van der Waals surface area contributed by atoms with Crippen LogP contribution in [0, 0.1) is 5.92 Å². The van der Waals surface area contributed by atoms with Crippen LogP contribution in [0.15, 0.2) is 28.7 Å². The zero-order valence-corrected chi connectivity index (χ0v) is 13.3. The second-order valence-electron chi connectivity index (χ2n) is 4.61. The summed E-state index contributed by atoms with van der Waals surface area (Å²) in [5.41, 5.74) is 1.34. The number of ether oxygens (including phenoxy) is 1. The van der Waals surface area contributed by atoms with E-state index in [9.17, 15) is 0 Å². The maximum atomic E-state index is 6.02. The van der Waals surface area contributed by atoms with Crippen LogP contribution in [0.1, 0.15) is 31.7 Å². The predicted molar refractivity (Wildman–Crippen MR) is 82.4 cm³/mol. The van der Waals surface area contributed by atoms with Crippen LogP contribution in [0.2, 0.25) is 0 Å². The molecule has 1 aromatic rings. The van der Waals surface area contributed by atoms with E-state index in [0.29, 0.717) is 11.8 Å². The van der Waals surface area contributed by atoms with Gasteiger partial charge in [-0.15, -0.1) is 11.6 Å². The van der Waals surface area contributed by atoms with Gasteiger partial charge in [-0.05, 0) is 42.9 Å². The van der Waals surface area contributed by atoms with E-state index < -0.39 is 0 Å². The van der Waals surface area contributed by atoms with Gasteiger partial charge in [0.05, 0.1) is 0 Å².